The van der Waals surface area contributed by atoms with Gasteiger partial charge in [-0.2, -0.15) is 5.26 Å². The average molecular weight is 554 g/mol. The van der Waals surface area contributed by atoms with Crippen LogP contribution >= 0.6 is 11.6 Å². The molecule has 1 saturated carbocycles. The van der Waals surface area contributed by atoms with Crippen molar-refractivity contribution >= 4 is 40.2 Å². The summed E-state index contributed by atoms with van der Waals surface area (Å²) in [7, 11) is 0. The molecule has 2 aliphatic heterocycles. The maximum Gasteiger partial charge on any atom is 0.271 e. The summed E-state index contributed by atoms with van der Waals surface area (Å²) in [5, 5.41) is 14.2. The number of piperidine rings is 1. The number of hydrogen-bond acceptors (Lipinski definition) is 4. The minimum Gasteiger partial charge on any atom is -0.356 e. The number of nitriles is 1. The van der Waals surface area contributed by atoms with Crippen LogP contribution in [0.15, 0.2) is 12.1 Å². The van der Waals surface area contributed by atoms with Gasteiger partial charge in [0.15, 0.2) is 5.82 Å². The molecule has 1 aliphatic carbocycles. The highest BCUT2D eigenvalue weighted by molar-refractivity contribution is 6.31. The Morgan fingerprint density at radius 3 is 2.76 bits per heavy atom. The topological polar surface area (TPSA) is 118 Å². The molecule has 3 fully saturated rings. The van der Waals surface area contributed by atoms with Crippen LogP contribution in [0.4, 0.5) is 17.6 Å². The van der Waals surface area contributed by atoms with Gasteiger partial charge in [-0.3, -0.25) is 14.4 Å². The summed E-state index contributed by atoms with van der Waals surface area (Å²) in [6, 6.07) is 1.40. The summed E-state index contributed by atoms with van der Waals surface area (Å²) in [5.74, 6) is -8.69. The van der Waals surface area contributed by atoms with Gasteiger partial charge in [0.2, 0.25) is 17.7 Å². The molecule has 5 atom stereocenters. The molecule has 0 spiro atoms. The van der Waals surface area contributed by atoms with Crippen LogP contribution in [0.1, 0.15) is 42.6 Å². The van der Waals surface area contributed by atoms with E-state index in [1.165, 1.54) is 0 Å². The highest BCUT2D eigenvalue weighted by Crippen LogP contribution is 2.50. The summed E-state index contributed by atoms with van der Waals surface area (Å²) < 4.78 is 57.3. The Labute approximate surface area is 219 Å². The molecule has 0 radical (unpaired) electrons. The number of fused-ring (bicyclic) bond motifs is 2. The largest absolute Gasteiger partial charge is 0.356 e. The molecule has 38 heavy (non-hydrogen) atoms. The van der Waals surface area contributed by atoms with E-state index >= 15 is 0 Å². The zero-order chi connectivity index (χ0) is 27.4. The minimum absolute atomic E-state index is 0.0420. The average Bonchev–Trinajstić information content (AvgIpc) is 3.53. The van der Waals surface area contributed by atoms with Crippen LogP contribution in [-0.4, -0.2) is 58.7 Å². The molecule has 0 bridgehead atoms. The van der Waals surface area contributed by atoms with Crippen molar-refractivity contribution in [3.8, 4) is 6.07 Å². The van der Waals surface area contributed by atoms with E-state index in [0.717, 1.165) is 23.5 Å². The number of rotatable bonds is 5. The van der Waals surface area contributed by atoms with E-state index in [-0.39, 0.29) is 35.5 Å². The lowest BCUT2D eigenvalue weighted by atomic mass is 9.90. The van der Waals surface area contributed by atoms with Crippen LogP contribution in [0.3, 0.4) is 0 Å². The van der Waals surface area contributed by atoms with Crippen LogP contribution in [0.25, 0.3) is 10.9 Å². The van der Waals surface area contributed by atoms with Crippen LogP contribution in [-0.2, 0) is 9.59 Å². The van der Waals surface area contributed by atoms with E-state index in [4.69, 9.17) is 11.6 Å². The number of H-pyrrole nitrogens is 1. The Morgan fingerprint density at radius 1 is 1.29 bits per heavy atom. The molecule has 3 heterocycles. The lowest BCUT2D eigenvalue weighted by molar-refractivity contribution is -0.129. The predicted octanol–water partition coefficient (Wildman–Crippen LogP) is 3.51. The van der Waals surface area contributed by atoms with E-state index < -0.39 is 77.1 Å². The number of hydrogen-bond donors (Lipinski definition) is 3. The van der Waals surface area contributed by atoms with E-state index in [1.807, 2.05) is 6.07 Å². The van der Waals surface area contributed by atoms with Gasteiger partial charge in [0.1, 0.15) is 23.6 Å². The number of nitrogens with zero attached hydrogens (tertiary/aromatic N) is 2. The molecular weight excluding hydrogens is 530 g/mol. The second-order valence-corrected chi connectivity index (χ2v) is 10.7. The normalized spacial score (nSPS) is 27.1. The first-order valence-corrected chi connectivity index (χ1v) is 12.7. The molecule has 13 heteroatoms. The number of nitrogens with one attached hydrogen (secondary N) is 3. The molecule has 3 amide bonds. The lowest BCUT2D eigenvalue weighted by Gasteiger charge is -2.29. The van der Waals surface area contributed by atoms with Gasteiger partial charge < -0.3 is 20.5 Å². The Balaban J connectivity index is 1.41. The Bertz CT molecular complexity index is 1360. The number of aromatic nitrogens is 1. The summed E-state index contributed by atoms with van der Waals surface area (Å²) in [4.78, 5) is 42.6. The van der Waals surface area contributed by atoms with Crippen molar-refractivity contribution in [3.63, 3.8) is 0 Å². The van der Waals surface area contributed by atoms with Crippen LogP contribution in [0.2, 0.25) is 5.02 Å². The summed E-state index contributed by atoms with van der Waals surface area (Å²) >= 11 is 5.70. The quantitative estimate of drug-likeness (QED) is 0.388. The number of benzene rings is 1. The molecule has 2 aromatic rings. The van der Waals surface area contributed by atoms with Crippen molar-refractivity contribution in [1.29, 1.82) is 5.26 Å². The van der Waals surface area contributed by atoms with Gasteiger partial charge in [-0.25, -0.2) is 17.6 Å². The fraction of sp³-hybridized carbons (Fsp3) is 0.520. The predicted molar refractivity (Wildman–Crippen MR) is 127 cm³/mol. The summed E-state index contributed by atoms with van der Waals surface area (Å²) in [5.41, 5.74) is -0.569. The van der Waals surface area contributed by atoms with Crippen LogP contribution in [0.5, 0.6) is 0 Å². The molecule has 3 N–H and O–H groups in total. The zero-order valence-electron chi connectivity index (χ0n) is 20.0. The van der Waals surface area contributed by atoms with Crippen molar-refractivity contribution in [3.05, 3.63) is 34.5 Å². The monoisotopic (exact) mass is 553 g/mol. The molecule has 202 valence electrons. The first kappa shape index (κ1) is 26.3. The molecule has 5 rings (SSSR count). The summed E-state index contributed by atoms with van der Waals surface area (Å²) in [6.45, 7) is 0.365. The molecule has 2 saturated heterocycles. The second kappa shape index (κ2) is 9.76. The van der Waals surface area contributed by atoms with Gasteiger partial charge in [-0.05, 0) is 43.2 Å². The Morgan fingerprint density at radius 2 is 2.05 bits per heavy atom. The number of carbonyl (C=O) groups is 3. The van der Waals surface area contributed by atoms with Gasteiger partial charge in [0, 0.05) is 37.2 Å². The smallest absolute Gasteiger partial charge is 0.271 e. The first-order valence-electron chi connectivity index (χ1n) is 12.3. The van der Waals surface area contributed by atoms with Crippen LogP contribution in [0, 0.1) is 40.7 Å². The summed E-state index contributed by atoms with van der Waals surface area (Å²) in [6.07, 6.45) is 0.180. The molecule has 0 unspecified atom stereocenters. The maximum absolute atomic E-state index is 14.5. The van der Waals surface area contributed by atoms with Crippen molar-refractivity contribution in [2.24, 2.45) is 17.8 Å². The number of likely N-dealkylation sites (tertiary alicyclic amines) is 1. The van der Waals surface area contributed by atoms with Crippen molar-refractivity contribution in [1.82, 2.24) is 20.5 Å². The lowest BCUT2D eigenvalue weighted by Crippen LogP contribution is -2.52. The Hall–Kier alpha value is -3.33. The fourth-order valence-electron chi connectivity index (χ4n) is 6.05. The second-order valence-electron chi connectivity index (χ2n) is 10.3. The Kier molecular flexibility index (Phi) is 6.75. The molecule has 3 aliphatic rings. The van der Waals surface area contributed by atoms with E-state index in [9.17, 15) is 37.2 Å². The standard InChI is InChI=1S/C25H24ClF4N5O3/c26-16-6-17(27)14-5-18(34-20(14)19(16)28)24(38)35-10-12-7-25(29,30)8-15(12)21(35)23(37)33-13(9-31)4-11-2-1-3-32-22(11)36/h5-6,11-13,15,21,34H,1-4,7-8,10H2,(H,32,36)(H,33,37)/t11-,12+,13-,15+,21+/m1/s1. The van der Waals surface area contributed by atoms with Gasteiger partial charge >= 0.3 is 0 Å². The molecule has 1 aromatic heterocycles. The van der Waals surface area contributed by atoms with Gasteiger partial charge in [-0.1, -0.05) is 11.6 Å². The molecular formula is C25H24ClF4N5O3. The highest BCUT2D eigenvalue weighted by Gasteiger charge is 2.58. The van der Waals surface area contributed by atoms with Gasteiger partial charge in [0.05, 0.1) is 16.6 Å². The third kappa shape index (κ3) is 4.68. The van der Waals surface area contributed by atoms with E-state index in [1.54, 1.807) is 0 Å². The van der Waals surface area contributed by atoms with Crippen LogP contribution < -0.4 is 10.6 Å². The van der Waals surface area contributed by atoms with E-state index in [2.05, 4.69) is 15.6 Å². The molecule has 8 nitrogen and oxygen atoms in total. The number of aromatic amines is 1. The number of carbonyl (C=O) groups excluding carboxylic acids is 3. The number of amides is 3. The van der Waals surface area contributed by atoms with E-state index in [0.29, 0.717) is 13.0 Å². The molecule has 1 aromatic carbocycles. The minimum atomic E-state index is -3.01. The third-order valence-corrected chi connectivity index (χ3v) is 8.06. The fourth-order valence-corrected chi connectivity index (χ4v) is 6.24. The number of halogens is 5. The zero-order valence-corrected chi connectivity index (χ0v) is 20.8. The van der Waals surface area contributed by atoms with Crippen molar-refractivity contribution < 1.29 is 31.9 Å². The maximum atomic E-state index is 14.5. The highest BCUT2D eigenvalue weighted by atomic mass is 35.5. The van der Waals surface area contributed by atoms with Gasteiger partial charge in [0.25, 0.3) is 5.91 Å². The van der Waals surface area contributed by atoms with Crippen molar-refractivity contribution in [2.45, 2.75) is 50.1 Å². The first-order chi connectivity index (χ1) is 18.0. The van der Waals surface area contributed by atoms with Gasteiger partial charge in [-0.15, -0.1) is 0 Å². The number of alkyl halides is 2. The van der Waals surface area contributed by atoms with Crippen molar-refractivity contribution in [2.75, 3.05) is 13.1 Å². The third-order valence-electron chi connectivity index (χ3n) is 7.78. The SMILES string of the molecule is N#C[C@@H](C[C@H]1CCCNC1=O)NC(=O)[C@@H]1[C@H]2CC(F)(F)C[C@H]2CN1C(=O)c1cc2c(F)cc(Cl)c(F)c2[nH]1.